The van der Waals surface area contributed by atoms with Crippen LogP contribution < -0.4 is 5.32 Å². The Morgan fingerprint density at radius 3 is 2.50 bits per heavy atom. The van der Waals surface area contributed by atoms with Crippen LogP contribution in [0, 0.1) is 0 Å². The standard InChI is InChI=1S/C13H28N2O/c1-5-16-10-12(4)14-8-9-15(11(2)3)13-6-7-13/h11-14H,5-10H2,1-4H3. The molecule has 1 saturated carbocycles. The molecule has 1 rings (SSSR count). The molecule has 1 aliphatic rings. The maximum atomic E-state index is 5.38. The molecule has 1 N–H and O–H groups in total. The van der Waals surface area contributed by atoms with Crippen LogP contribution in [-0.2, 0) is 4.74 Å². The zero-order valence-corrected chi connectivity index (χ0v) is 11.3. The van der Waals surface area contributed by atoms with Gasteiger partial charge in [0.25, 0.3) is 0 Å². The van der Waals surface area contributed by atoms with Crippen LogP contribution in [0.15, 0.2) is 0 Å². The van der Waals surface area contributed by atoms with Crippen molar-refractivity contribution in [2.24, 2.45) is 0 Å². The molecule has 0 spiro atoms. The van der Waals surface area contributed by atoms with Crippen molar-refractivity contribution in [3.63, 3.8) is 0 Å². The molecule has 3 nitrogen and oxygen atoms in total. The SMILES string of the molecule is CCOCC(C)NCCN(C(C)C)C1CC1. The first-order chi connectivity index (χ1) is 7.65. The summed E-state index contributed by atoms with van der Waals surface area (Å²) in [5.41, 5.74) is 0. The van der Waals surface area contributed by atoms with E-state index in [0.29, 0.717) is 12.1 Å². The van der Waals surface area contributed by atoms with E-state index in [9.17, 15) is 0 Å². The first-order valence-electron chi connectivity index (χ1n) is 6.72. The van der Waals surface area contributed by atoms with Crippen LogP contribution >= 0.6 is 0 Å². The van der Waals surface area contributed by atoms with Gasteiger partial charge in [-0.05, 0) is 40.5 Å². The van der Waals surface area contributed by atoms with Gasteiger partial charge in [-0.3, -0.25) is 4.90 Å². The summed E-state index contributed by atoms with van der Waals surface area (Å²) in [6.07, 6.45) is 2.79. The van der Waals surface area contributed by atoms with Gasteiger partial charge < -0.3 is 10.1 Å². The molecular weight excluding hydrogens is 200 g/mol. The Morgan fingerprint density at radius 1 is 1.31 bits per heavy atom. The van der Waals surface area contributed by atoms with Gasteiger partial charge in [0.15, 0.2) is 0 Å². The zero-order chi connectivity index (χ0) is 12.0. The summed E-state index contributed by atoms with van der Waals surface area (Å²) in [6, 6.07) is 2.01. The van der Waals surface area contributed by atoms with Gasteiger partial charge >= 0.3 is 0 Å². The lowest BCUT2D eigenvalue weighted by molar-refractivity contribution is 0.124. The van der Waals surface area contributed by atoms with Crippen LogP contribution in [0.3, 0.4) is 0 Å². The number of hydrogen-bond acceptors (Lipinski definition) is 3. The fraction of sp³-hybridized carbons (Fsp3) is 1.00. The Labute approximate surface area is 101 Å². The van der Waals surface area contributed by atoms with Crippen LogP contribution in [0.25, 0.3) is 0 Å². The third-order valence-corrected chi connectivity index (χ3v) is 3.11. The first-order valence-corrected chi connectivity index (χ1v) is 6.72. The molecule has 0 aromatic rings. The fourth-order valence-corrected chi connectivity index (χ4v) is 2.06. The quantitative estimate of drug-likeness (QED) is 0.652. The highest BCUT2D eigenvalue weighted by Crippen LogP contribution is 2.27. The van der Waals surface area contributed by atoms with Crippen molar-refractivity contribution in [2.45, 2.75) is 58.7 Å². The van der Waals surface area contributed by atoms with Gasteiger partial charge in [0, 0.05) is 37.8 Å². The van der Waals surface area contributed by atoms with Gasteiger partial charge in [-0.2, -0.15) is 0 Å². The molecule has 0 heterocycles. The van der Waals surface area contributed by atoms with E-state index in [1.54, 1.807) is 0 Å². The van der Waals surface area contributed by atoms with Gasteiger partial charge in [-0.25, -0.2) is 0 Å². The van der Waals surface area contributed by atoms with E-state index < -0.39 is 0 Å². The Balaban J connectivity index is 2.08. The summed E-state index contributed by atoms with van der Waals surface area (Å²) in [7, 11) is 0. The summed E-state index contributed by atoms with van der Waals surface area (Å²) in [5, 5.41) is 3.52. The summed E-state index contributed by atoms with van der Waals surface area (Å²) in [4.78, 5) is 2.61. The predicted octanol–water partition coefficient (Wildman–Crippen LogP) is 1.87. The molecule has 3 heteroatoms. The molecule has 0 saturated heterocycles. The second kappa shape index (κ2) is 7.25. The van der Waals surface area contributed by atoms with Gasteiger partial charge in [-0.15, -0.1) is 0 Å². The van der Waals surface area contributed by atoms with E-state index in [4.69, 9.17) is 4.74 Å². The van der Waals surface area contributed by atoms with Crippen molar-refractivity contribution in [1.29, 1.82) is 0 Å². The molecule has 0 aromatic heterocycles. The molecule has 1 unspecified atom stereocenters. The minimum absolute atomic E-state index is 0.466. The normalized spacial score (nSPS) is 18.4. The molecular formula is C13H28N2O. The fourth-order valence-electron chi connectivity index (χ4n) is 2.06. The number of rotatable bonds is 9. The molecule has 1 atom stereocenters. The Morgan fingerprint density at radius 2 is 2.00 bits per heavy atom. The highest BCUT2D eigenvalue weighted by Gasteiger charge is 2.29. The Bertz CT molecular complexity index is 179. The van der Waals surface area contributed by atoms with Crippen molar-refractivity contribution in [1.82, 2.24) is 10.2 Å². The van der Waals surface area contributed by atoms with E-state index in [1.165, 1.54) is 19.4 Å². The molecule has 96 valence electrons. The zero-order valence-electron chi connectivity index (χ0n) is 11.3. The lowest BCUT2D eigenvalue weighted by Gasteiger charge is -2.27. The van der Waals surface area contributed by atoms with Crippen molar-refractivity contribution < 1.29 is 4.74 Å². The third kappa shape index (κ3) is 5.28. The summed E-state index contributed by atoms with van der Waals surface area (Å²) >= 11 is 0. The third-order valence-electron chi connectivity index (χ3n) is 3.11. The number of hydrogen-bond donors (Lipinski definition) is 1. The molecule has 1 fully saturated rings. The monoisotopic (exact) mass is 228 g/mol. The number of nitrogens with zero attached hydrogens (tertiary/aromatic N) is 1. The predicted molar refractivity (Wildman–Crippen MR) is 68.8 cm³/mol. The smallest absolute Gasteiger partial charge is 0.0616 e. The summed E-state index contributed by atoms with van der Waals surface area (Å²) < 4.78 is 5.38. The summed E-state index contributed by atoms with van der Waals surface area (Å²) in [5.74, 6) is 0. The molecule has 1 aliphatic carbocycles. The van der Waals surface area contributed by atoms with Crippen LogP contribution in [0.4, 0.5) is 0 Å². The van der Waals surface area contributed by atoms with Crippen LogP contribution in [0.1, 0.15) is 40.5 Å². The van der Waals surface area contributed by atoms with Crippen molar-refractivity contribution >= 4 is 0 Å². The molecule has 0 aliphatic heterocycles. The van der Waals surface area contributed by atoms with Crippen molar-refractivity contribution in [3.8, 4) is 0 Å². The average molecular weight is 228 g/mol. The van der Waals surface area contributed by atoms with Crippen LogP contribution in [0.2, 0.25) is 0 Å². The van der Waals surface area contributed by atoms with Gasteiger partial charge in [0.1, 0.15) is 0 Å². The van der Waals surface area contributed by atoms with Gasteiger partial charge in [-0.1, -0.05) is 0 Å². The van der Waals surface area contributed by atoms with E-state index in [1.807, 2.05) is 6.92 Å². The first kappa shape index (κ1) is 13.9. The number of ether oxygens (including phenoxy) is 1. The highest BCUT2D eigenvalue weighted by molar-refractivity contribution is 4.86. The van der Waals surface area contributed by atoms with Crippen LogP contribution in [0.5, 0.6) is 0 Å². The molecule has 0 radical (unpaired) electrons. The van der Waals surface area contributed by atoms with E-state index in [0.717, 1.165) is 25.8 Å². The van der Waals surface area contributed by atoms with E-state index in [-0.39, 0.29) is 0 Å². The second-order valence-electron chi connectivity index (χ2n) is 5.08. The summed E-state index contributed by atoms with van der Waals surface area (Å²) in [6.45, 7) is 12.7. The largest absolute Gasteiger partial charge is 0.380 e. The topological polar surface area (TPSA) is 24.5 Å². The minimum Gasteiger partial charge on any atom is -0.380 e. The second-order valence-corrected chi connectivity index (χ2v) is 5.08. The average Bonchev–Trinajstić information content (AvgIpc) is 3.04. The molecule has 0 aromatic carbocycles. The lowest BCUT2D eigenvalue weighted by atomic mass is 10.3. The number of nitrogens with one attached hydrogen (secondary N) is 1. The minimum atomic E-state index is 0.466. The van der Waals surface area contributed by atoms with Crippen molar-refractivity contribution in [3.05, 3.63) is 0 Å². The van der Waals surface area contributed by atoms with Gasteiger partial charge in [0.2, 0.25) is 0 Å². The van der Waals surface area contributed by atoms with E-state index >= 15 is 0 Å². The van der Waals surface area contributed by atoms with Gasteiger partial charge in [0.05, 0.1) is 6.61 Å². The molecule has 0 amide bonds. The molecule has 0 bridgehead atoms. The Kier molecular flexibility index (Phi) is 6.32. The van der Waals surface area contributed by atoms with E-state index in [2.05, 4.69) is 31.0 Å². The highest BCUT2D eigenvalue weighted by atomic mass is 16.5. The Hall–Kier alpha value is -0.120. The maximum Gasteiger partial charge on any atom is 0.0616 e. The molecule has 16 heavy (non-hydrogen) atoms. The lowest BCUT2D eigenvalue weighted by Crippen LogP contribution is -2.41. The van der Waals surface area contributed by atoms with Crippen LogP contribution in [-0.4, -0.2) is 49.3 Å². The van der Waals surface area contributed by atoms with Crippen molar-refractivity contribution in [2.75, 3.05) is 26.3 Å². The maximum absolute atomic E-state index is 5.38.